The van der Waals surface area contributed by atoms with E-state index in [1.54, 1.807) is 6.33 Å². The first-order valence-electron chi connectivity index (χ1n) is 7.09. The molecular formula is C13H25N5. The zero-order valence-electron chi connectivity index (χ0n) is 11.6. The van der Waals surface area contributed by atoms with E-state index in [4.69, 9.17) is 0 Å². The SMILES string of the molecule is CCCn1ncnc1CN(C)C1CCCNCC1. The zero-order chi connectivity index (χ0) is 12.8. The van der Waals surface area contributed by atoms with E-state index in [0.29, 0.717) is 6.04 Å². The van der Waals surface area contributed by atoms with Crippen molar-refractivity contribution in [2.75, 3.05) is 20.1 Å². The van der Waals surface area contributed by atoms with Crippen molar-refractivity contribution in [3.63, 3.8) is 0 Å². The van der Waals surface area contributed by atoms with Gasteiger partial charge in [0.05, 0.1) is 6.54 Å². The molecule has 102 valence electrons. The molecular weight excluding hydrogens is 226 g/mol. The lowest BCUT2D eigenvalue weighted by molar-refractivity contribution is 0.208. The molecule has 1 aromatic heterocycles. The Hall–Kier alpha value is -0.940. The molecule has 1 fully saturated rings. The molecule has 5 heteroatoms. The number of aromatic nitrogens is 3. The molecule has 1 atom stereocenters. The maximum atomic E-state index is 4.39. The van der Waals surface area contributed by atoms with Gasteiger partial charge in [-0.2, -0.15) is 5.10 Å². The Morgan fingerprint density at radius 2 is 2.33 bits per heavy atom. The number of hydrogen-bond acceptors (Lipinski definition) is 4. The van der Waals surface area contributed by atoms with Gasteiger partial charge in [0.15, 0.2) is 0 Å². The molecule has 0 spiro atoms. The molecule has 0 aromatic carbocycles. The Morgan fingerprint density at radius 3 is 3.17 bits per heavy atom. The normalized spacial score (nSPS) is 21.2. The van der Waals surface area contributed by atoms with E-state index in [0.717, 1.165) is 38.4 Å². The summed E-state index contributed by atoms with van der Waals surface area (Å²) >= 11 is 0. The van der Waals surface area contributed by atoms with Gasteiger partial charge in [0.25, 0.3) is 0 Å². The van der Waals surface area contributed by atoms with Crippen LogP contribution in [0.4, 0.5) is 0 Å². The molecule has 1 aromatic rings. The number of nitrogens with one attached hydrogen (secondary N) is 1. The van der Waals surface area contributed by atoms with Crippen LogP contribution in [-0.4, -0.2) is 45.8 Å². The average molecular weight is 251 g/mol. The third-order valence-electron chi connectivity index (χ3n) is 3.69. The predicted octanol–water partition coefficient (Wildman–Crippen LogP) is 1.26. The van der Waals surface area contributed by atoms with Gasteiger partial charge >= 0.3 is 0 Å². The highest BCUT2D eigenvalue weighted by atomic mass is 15.3. The first-order valence-corrected chi connectivity index (χ1v) is 7.09. The molecule has 1 aliphatic heterocycles. The fraction of sp³-hybridized carbons (Fsp3) is 0.846. The van der Waals surface area contributed by atoms with Crippen LogP contribution < -0.4 is 5.32 Å². The summed E-state index contributed by atoms with van der Waals surface area (Å²) in [6, 6.07) is 0.673. The maximum Gasteiger partial charge on any atom is 0.141 e. The predicted molar refractivity (Wildman–Crippen MR) is 72.3 cm³/mol. The minimum Gasteiger partial charge on any atom is -0.317 e. The number of aryl methyl sites for hydroxylation is 1. The third-order valence-corrected chi connectivity index (χ3v) is 3.69. The summed E-state index contributed by atoms with van der Waals surface area (Å²) in [4.78, 5) is 6.82. The van der Waals surface area contributed by atoms with Crippen molar-refractivity contribution in [3.8, 4) is 0 Å². The second-order valence-corrected chi connectivity index (χ2v) is 5.15. The smallest absolute Gasteiger partial charge is 0.141 e. The van der Waals surface area contributed by atoms with Crippen molar-refractivity contribution in [3.05, 3.63) is 12.2 Å². The highest BCUT2D eigenvalue weighted by Gasteiger charge is 2.18. The van der Waals surface area contributed by atoms with Crippen LogP contribution in [0.25, 0.3) is 0 Å². The summed E-state index contributed by atoms with van der Waals surface area (Å²) in [5.74, 6) is 1.09. The van der Waals surface area contributed by atoms with Crippen LogP contribution in [0.1, 0.15) is 38.4 Å². The lowest BCUT2D eigenvalue weighted by Crippen LogP contribution is -2.33. The molecule has 1 unspecified atom stereocenters. The Morgan fingerprint density at radius 1 is 1.44 bits per heavy atom. The van der Waals surface area contributed by atoms with Gasteiger partial charge in [0, 0.05) is 12.6 Å². The van der Waals surface area contributed by atoms with E-state index in [2.05, 4.69) is 34.3 Å². The third kappa shape index (κ3) is 3.53. The average Bonchev–Trinajstić information content (AvgIpc) is 2.66. The van der Waals surface area contributed by atoms with Gasteiger partial charge in [-0.05, 0) is 45.8 Å². The second kappa shape index (κ2) is 6.85. The van der Waals surface area contributed by atoms with Gasteiger partial charge in [-0.1, -0.05) is 6.92 Å². The number of hydrogen-bond donors (Lipinski definition) is 1. The zero-order valence-corrected chi connectivity index (χ0v) is 11.6. The van der Waals surface area contributed by atoms with E-state index in [9.17, 15) is 0 Å². The quantitative estimate of drug-likeness (QED) is 0.856. The number of rotatable bonds is 5. The molecule has 2 heterocycles. The van der Waals surface area contributed by atoms with Gasteiger partial charge in [-0.25, -0.2) is 9.67 Å². The van der Waals surface area contributed by atoms with Gasteiger partial charge < -0.3 is 5.32 Å². The lowest BCUT2D eigenvalue weighted by atomic mass is 10.1. The summed E-state index contributed by atoms with van der Waals surface area (Å²) in [7, 11) is 2.21. The number of nitrogens with zero attached hydrogens (tertiary/aromatic N) is 4. The summed E-state index contributed by atoms with van der Waals surface area (Å²) < 4.78 is 2.03. The van der Waals surface area contributed by atoms with Crippen LogP contribution in [0, 0.1) is 0 Å². The Bertz CT molecular complexity index is 341. The van der Waals surface area contributed by atoms with E-state index in [1.165, 1.54) is 19.3 Å². The van der Waals surface area contributed by atoms with Crippen molar-refractivity contribution >= 4 is 0 Å². The first-order chi connectivity index (χ1) is 8.81. The molecule has 2 rings (SSSR count). The standard InChI is InChI=1S/C13H25N5/c1-3-9-18-13(15-11-16-18)10-17(2)12-5-4-7-14-8-6-12/h11-12,14H,3-10H2,1-2H3. The fourth-order valence-electron chi connectivity index (χ4n) is 2.60. The van der Waals surface area contributed by atoms with E-state index in [-0.39, 0.29) is 0 Å². The first kappa shape index (κ1) is 13.5. The molecule has 1 saturated heterocycles. The molecule has 0 saturated carbocycles. The molecule has 5 nitrogen and oxygen atoms in total. The van der Waals surface area contributed by atoms with Crippen LogP contribution >= 0.6 is 0 Å². The van der Waals surface area contributed by atoms with Crippen LogP contribution in [0.5, 0.6) is 0 Å². The van der Waals surface area contributed by atoms with Crippen LogP contribution in [-0.2, 0) is 13.1 Å². The van der Waals surface area contributed by atoms with Gasteiger partial charge in [-0.15, -0.1) is 0 Å². The van der Waals surface area contributed by atoms with Crippen LogP contribution in [0.2, 0.25) is 0 Å². The van der Waals surface area contributed by atoms with E-state index >= 15 is 0 Å². The molecule has 18 heavy (non-hydrogen) atoms. The summed E-state index contributed by atoms with van der Waals surface area (Å²) in [5, 5.41) is 7.75. The molecule has 1 N–H and O–H groups in total. The van der Waals surface area contributed by atoms with Gasteiger partial charge in [0.2, 0.25) is 0 Å². The highest BCUT2D eigenvalue weighted by molar-refractivity contribution is 4.86. The monoisotopic (exact) mass is 251 g/mol. The minimum atomic E-state index is 0.673. The lowest BCUT2D eigenvalue weighted by Gasteiger charge is -2.26. The van der Waals surface area contributed by atoms with Gasteiger partial charge in [0.1, 0.15) is 12.2 Å². The Kier molecular flexibility index (Phi) is 5.13. The van der Waals surface area contributed by atoms with Crippen molar-refractivity contribution in [1.29, 1.82) is 0 Å². The van der Waals surface area contributed by atoms with Gasteiger partial charge in [-0.3, -0.25) is 4.90 Å². The molecule has 0 amide bonds. The molecule has 0 radical (unpaired) electrons. The van der Waals surface area contributed by atoms with Crippen molar-refractivity contribution in [2.24, 2.45) is 0 Å². The minimum absolute atomic E-state index is 0.673. The largest absolute Gasteiger partial charge is 0.317 e. The topological polar surface area (TPSA) is 46.0 Å². The summed E-state index contributed by atoms with van der Waals surface area (Å²) in [5.41, 5.74) is 0. The molecule has 0 aliphatic carbocycles. The summed E-state index contributed by atoms with van der Waals surface area (Å²) in [6.07, 6.45) is 6.57. The van der Waals surface area contributed by atoms with Crippen LogP contribution in [0.3, 0.4) is 0 Å². The molecule has 1 aliphatic rings. The fourth-order valence-corrected chi connectivity index (χ4v) is 2.60. The maximum absolute atomic E-state index is 4.39. The van der Waals surface area contributed by atoms with E-state index < -0.39 is 0 Å². The van der Waals surface area contributed by atoms with E-state index in [1.807, 2.05) is 4.68 Å². The van der Waals surface area contributed by atoms with Crippen molar-refractivity contribution in [1.82, 2.24) is 25.0 Å². The van der Waals surface area contributed by atoms with Crippen LogP contribution in [0.15, 0.2) is 6.33 Å². The summed E-state index contributed by atoms with van der Waals surface area (Å²) in [6.45, 7) is 6.35. The molecule has 0 bridgehead atoms. The Labute approximate surface area is 110 Å². The highest BCUT2D eigenvalue weighted by Crippen LogP contribution is 2.14. The van der Waals surface area contributed by atoms with Crippen molar-refractivity contribution < 1.29 is 0 Å². The van der Waals surface area contributed by atoms with Crippen molar-refractivity contribution in [2.45, 2.75) is 51.7 Å². The second-order valence-electron chi connectivity index (χ2n) is 5.15. The Balaban J connectivity index is 1.92.